The number of amides is 2. The van der Waals surface area contributed by atoms with Gasteiger partial charge < -0.3 is 26.4 Å². The van der Waals surface area contributed by atoms with Crippen LogP contribution in [0.2, 0.25) is 0 Å². The number of rotatable bonds is 2. The number of anilines is 1. The number of urea groups is 1. The van der Waals surface area contributed by atoms with E-state index in [4.69, 9.17) is 5.73 Å². The number of carbonyl (C=O) groups is 1. The Bertz CT molecular complexity index is 765. The van der Waals surface area contributed by atoms with Crippen LogP contribution in [0.5, 0.6) is 0 Å². The van der Waals surface area contributed by atoms with E-state index in [1.165, 1.54) is 0 Å². The first-order valence-corrected chi connectivity index (χ1v) is 9.56. The van der Waals surface area contributed by atoms with Crippen LogP contribution in [-0.2, 0) is 6.54 Å². The van der Waals surface area contributed by atoms with Crippen molar-refractivity contribution in [3.63, 3.8) is 0 Å². The fourth-order valence-electron chi connectivity index (χ4n) is 3.92. The second-order valence-electron chi connectivity index (χ2n) is 7.20. The molecule has 2 fully saturated rings. The smallest absolute Gasteiger partial charge is 0.320 e. The molecule has 27 heavy (non-hydrogen) atoms. The van der Waals surface area contributed by atoms with Gasteiger partial charge in [-0.05, 0) is 37.3 Å². The number of nitrogens with two attached hydrogens (primary N) is 1. The van der Waals surface area contributed by atoms with E-state index in [1.54, 1.807) is 0 Å². The van der Waals surface area contributed by atoms with E-state index in [0.29, 0.717) is 69.7 Å². The number of allylic oxidation sites excluding steroid dienone is 1. The normalized spacial score (nSPS) is 18.3. The first kappa shape index (κ1) is 19.2. The van der Waals surface area contributed by atoms with Gasteiger partial charge in [0.05, 0.1) is 17.7 Å². The Morgan fingerprint density at radius 1 is 1.22 bits per heavy atom. The molecule has 0 saturated carbocycles. The number of aliphatic hydroxyl groups is 1. The minimum atomic E-state index is -0.288. The largest absolute Gasteiger partial charge is 0.398 e. The molecule has 7 heteroatoms. The summed E-state index contributed by atoms with van der Waals surface area (Å²) < 4.78 is 0. The highest BCUT2D eigenvalue weighted by Crippen LogP contribution is 2.30. The van der Waals surface area contributed by atoms with Crippen LogP contribution in [0.3, 0.4) is 0 Å². The quantitative estimate of drug-likeness (QED) is 0.530. The van der Waals surface area contributed by atoms with Crippen LogP contribution in [0, 0.1) is 11.3 Å². The maximum absolute atomic E-state index is 12.7. The summed E-state index contributed by atoms with van der Waals surface area (Å²) in [4.78, 5) is 16.4. The SMILES string of the molecule is N#CC(=C1CCN(C(=O)N2CCC(O)CC2)CC1)c1cccc(N)c1C[NH3+]. The number of aliphatic hydroxyl groups excluding tert-OH is 1. The van der Waals surface area contributed by atoms with Crippen molar-refractivity contribution in [3.05, 3.63) is 34.9 Å². The molecule has 2 aliphatic heterocycles. The highest BCUT2D eigenvalue weighted by Gasteiger charge is 2.28. The molecular formula is C20H28N5O2+. The fourth-order valence-corrected chi connectivity index (χ4v) is 3.92. The lowest BCUT2D eigenvalue weighted by molar-refractivity contribution is -0.386. The van der Waals surface area contributed by atoms with Crippen molar-refractivity contribution < 1.29 is 15.6 Å². The molecule has 0 aromatic heterocycles. The molecule has 2 saturated heterocycles. The number of piperidine rings is 2. The standard InChI is InChI=1S/C20H27N5O2/c21-12-17(16-2-1-3-19(23)18(16)13-22)14-4-8-24(9-5-14)20(27)25-10-6-15(26)7-11-25/h1-3,15,26H,4-11,13,22-23H2/p+1. The molecule has 144 valence electrons. The maximum atomic E-state index is 12.7. The lowest BCUT2D eigenvalue weighted by atomic mass is 9.90. The monoisotopic (exact) mass is 370 g/mol. The molecule has 7 nitrogen and oxygen atoms in total. The maximum Gasteiger partial charge on any atom is 0.320 e. The zero-order chi connectivity index (χ0) is 19.4. The van der Waals surface area contributed by atoms with Crippen molar-refractivity contribution in [2.24, 2.45) is 0 Å². The van der Waals surface area contributed by atoms with Gasteiger partial charge >= 0.3 is 6.03 Å². The van der Waals surface area contributed by atoms with Crippen LogP contribution in [0.1, 0.15) is 36.8 Å². The highest BCUT2D eigenvalue weighted by molar-refractivity contribution is 5.83. The van der Waals surface area contributed by atoms with Gasteiger partial charge in [0.15, 0.2) is 0 Å². The van der Waals surface area contributed by atoms with Crippen LogP contribution in [0.15, 0.2) is 23.8 Å². The van der Waals surface area contributed by atoms with Crippen LogP contribution < -0.4 is 11.5 Å². The molecule has 0 spiro atoms. The third-order valence-corrected chi connectivity index (χ3v) is 5.57. The summed E-state index contributed by atoms with van der Waals surface area (Å²) in [6.07, 6.45) is 2.38. The lowest BCUT2D eigenvalue weighted by Gasteiger charge is -2.36. The van der Waals surface area contributed by atoms with Gasteiger partial charge in [-0.2, -0.15) is 5.26 Å². The average Bonchev–Trinajstić information content (AvgIpc) is 2.69. The molecule has 0 bridgehead atoms. The number of nitrogens with zero attached hydrogens (tertiary/aromatic N) is 3. The van der Waals surface area contributed by atoms with Crippen LogP contribution in [0.25, 0.3) is 5.57 Å². The molecule has 1 aromatic carbocycles. The van der Waals surface area contributed by atoms with Gasteiger partial charge in [0.1, 0.15) is 6.54 Å². The van der Waals surface area contributed by atoms with E-state index in [2.05, 4.69) is 11.8 Å². The number of benzene rings is 1. The van der Waals surface area contributed by atoms with Gasteiger partial charge in [-0.3, -0.25) is 0 Å². The first-order valence-electron chi connectivity index (χ1n) is 9.56. The summed E-state index contributed by atoms with van der Waals surface area (Å²) in [6.45, 7) is 2.98. The molecule has 1 aromatic rings. The highest BCUT2D eigenvalue weighted by atomic mass is 16.3. The van der Waals surface area contributed by atoms with Crippen molar-refractivity contribution in [2.45, 2.75) is 38.3 Å². The van der Waals surface area contributed by atoms with Crippen LogP contribution in [0.4, 0.5) is 10.5 Å². The van der Waals surface area contributed by atoms with Gasteiger partial charge in [-0.15, -0.1) is 0 Å². The fraction of sp³-hybridized carbons (Fsp3) is 0.500. The predicted molar refractivity (Wildman–Crippen MR) is 103 cm³/mol. The average molecular weight is 370 g/mol. The summed E-state index contributed by atoms with van der Waals surface area (Å²) in [5.41, 5.74) is 14.2. The third-order valence-electron chi connectivity index (χ3n) is 5.57. The van der Waals surface area contributed by atoms with Gasteiger partial charge in [0.2, 0.25) is 0 Å². The van der Waals surface area contributed by atoms with Crippen molar-refractivity contribution >= 4 is 17.3 Å². The predicted octanol–water partition coefficient (Wildman–Crippen LogP) is 0.960. The Labute approximate surface area is 159 Å². The Morgan fingerprint density at radius 2 is 1.85 bits per heavy atom. The van der Waals surface area contributed by atoms with Crippen LogP contribution >= 0.6 is 0 Å². The molecule has 0 radical (unpaired) electrons. The van der Waals surface area contributed by atoms with Gasteiger partial charge in [-0.1, -0.05) is 12.1 Å². The summed E-state index contributed by atoms with van der Waals surface area (Å²) in [5.74, 6) is 0. The number of carbonyl (C=O) groups excluding carboxylic acids is 1. The molecular weight excluding hydrogens is 342 g/mol. The summed E-state index contributed by atoms with van der Waals surface area (Å²) in [6, 6.07) is 8.03. The Morgan fingerprint density at radius 3 is 2.44 bits per heavy atom. The first-order chi connectivity index (χ1) is 13.0. The van der Waals surface area contributed by atoms with E-state index >= 15 is 0 Å². The number of quaternary nitrogens is 1. The minimum absolute atomic E-state index is 0.0434. The summed E-state index contributed by atoms with van der Waals surface area (Å²) >= 11 is 0. The van der Waals surface area contributed by atoms with Gasteiger partial charge in [0, 0.05) is 43.0 Å². The number of likely N-dealkylation sites (tertiary alicyclic amines) is 2. The number of hydrogen-bond donors (Lipinski definition) is 3. The zero-order valence-corrected chi connectivity index (χ0v) is 15.7. The Hall–Kier alpha value is -2.56. The molecule has 3 rings (SSSR count). The molecule has 2 heterocycles. The Kier molecular flexibility index (Phi) is 5.99. The number of nitrogen functional groups attached to an aromatic ring is 1. The molecule has 2 amide bonds. The van der Waals surface area contributed by atoms with E-state index in [1.807, 2.05) is 28.0 Å². The number of nitriles is 1. The second kappa shape index (κ2) is 8.42. The summed E-state index contributed by atoms with van der Waals surface area (Å²) in [5, 5.41) is 19.4. The molecule has 2 aliphatic rings. The molecule has 0 unspecified atom stereocenters. The molecule has 0 atom stereocenters. The van der Waals surface area contributed by atoms with E-state index in [0.717, 1.165) is 16.7 Å². The lowest BCUT2D eigenvalue weighted by Crippen LogP contribution is -2.49. The Balaban J connectivity index is 1.73. The summed E-state index contributed by atoms with van der Waals surface area (Å²) in [7, 11) is 0. The van der Waals surface area contributed by atoms with Crippen molar-refractivity contribution in [3.8, 4) is 6.07 Å². The van der Waals surface area contributed by atoms with Gasteiger partial charge in [-0.25, -0.2) is 4.79 Å². The second-order valence-corrected chi connectivity index (χ2v) is 7.20. The van der Waals surface area contributed by atoms with Crippen molar-refractivity contribution in [1.82, 2.24) is 9.80 Å². The van der Waals surface area contributed by atoms with Crippen molar-refractivity contribution in [1.29, 1.82) is 5.26 Å². The third kappa shape index (κ3) is 4.07. The molecule has 0 aliphatic carbocycles. The van der Waals surface area contributed by atoms with E-state index < -0.39 is 0 Å². The van der Waals surface area contributed by atoms with Gasteiger partial charge in [0.25, 0.3) is 0 Å². The number of hydrogen-bond acceptors (Lipinski definition) is 4. The van der Waals surface area contributed by atoms with Crippen molar-refractivity contribution in [2.75, 3.05) is 31.9 Å². The van der Waals surface area contributed by atoms with Crippen LogP contribution in [-0.4, -0.2) is 53.2 Å². The van der Waals surface area contributed by atoms with E-state index in [-0.39, 0.29) is 12.1 Å². The zero-order valence-electron chi connectivity index (χ0n) is 15.7. The van der Waals surface area contributed by atoms with E-state index in [9.17, 15) is 15.2 Å². The topological polar surface area (TPSA) is 121 Å². The minimum Gasteiger partial charge on any atom is -0.398 e. The molecule has 6 N–H and O–H groups in total.